The van der Waals surface area contributed by atoms with E-state index in [1.807, 2.05) is 36.4 Å². The summed E-state index contributed by atoms with van der Waals surface area (Å²) in [4.78, 5) is 0. The highest BCUT2D eigenvalue weighted by Gasteiger charge is 2.10. The van der Waals surface area contributed by atoms with Crippen LogP contribution >= 0.6 is 0 Å². The third kappa shape index (κ3) is 5.39. The minimum Gasteiger partial charge on any atom is -0.493 e. The molecule has 0 aliphatic carbocycles. The molecule has 1 atom stereocenters. The third-order valence-electron chi connectivity index (χ3n) is 4.43. The first-order chi connectivity index (χ1) is 11.6. The van der Waals surface area contributed by atoms with Gasteiger partial charge in [-0.15, -0.1) is 0 Å². The number of rotatable bonds is 9. The van der Waals surface area contributed by atoms with Crippen LogP contribution in [0, 0.1) is 5.92 Å². The molecule has 0 saturated heterocycles. The molecule has 4 heteroatoms. The summed E-state index contributed by atoms with van der Waals surface area (Å²) in [6.07, 6.45) is 4.88. The summed E-state index contributed by atoms with van der Waals surface area (Å²) in [5.74, 6) is 1.53. The van der Waals surface area contributed by atoms with Crippen molar-refractivity contribution in [2.45, 2.75) is 39.5 Å². The number of hydrogen-bond acceptors (Lipinski definition) is 3. The molecule has 2 aromatic rings. The van der Waals surface area contributed by atoms with E-state index in [9.17, 15) is 0 Å². The van der Waals surface area contributed by atoms with Crippen LogP contribution in [0.3, 0.4) is 0 Å². The van der Waals surface area contributed by atoms with E-state index >= 15 is 0 Å². The molecular formula is C20H27BO3. The summed E-state index contributed by atoms with van der Waals surface area (Å²) in [6.45, 7) is 5.22. The van der Waals surface area contributed by atoms with Crippen LogP contribution in [0.25, 0.3) is 11.1 Å². The molecule has 24 heavy (non-hydrogen) atoms. The standard InChI is InChI=1S/C20H27BO3/c1-3-5-6-16(4-2)15-24-20-13-9-18(10-14-20)17-7-11-19(12-8-17)21(22)23/h7-14,16,22-23H,3-6,15H2,1-2H3. The quantitative estimate of drug-likeness (QED) is 0.692. The summed E-state index contributed by atoms with van der Waals surface area (Å²) >= 11 is 0. The molecule has 0 amide bonds. The van der Waals surface area contributed by atoms with Crippen LogP contribution in [0.4, 0.5) is 0 Å². The van der Waals surface area contributed by atoms with Gasteiger partial charge in [0.25, 0.3) is 0 Å². The number of unbranched alkanes of at least 4 members (excludes halogenated alkanes) is 1. The Morgan fingerprint density at radius 2 is 1.50 bits per heavy atom. The van der Waals surface area contributed by atoms with Gasteiger partial charge in [-0.25, -0.2) is 0 Å². The normalized spacial score (nSPS) is 12.0. The molecule has 2 N–H and O–H groups in total. The van der Waals surface area contributed by atoms with Gasteiger partial charge in [0, 0.05) is 0 Å². The van der Waals surface area contributed by atoms with Crippen molar-refractivity contribution in [3.05, 3.63) is 48.5 Å². The van der Waals surface area contributed by atoms with Crippen LogP contribution in [0.15, 0.2) is 48.5 Å². The molecule has 0 fully saturated rings. The van der Waals surface area contributed by atoms with Crippen LogP contribution in [0.5, 0.6) is 5.75 Å². The van der Waals surface area contributed by atoms with Gasteiger partial charge in [0.1, 0.15) is 5.75 Å². The number of ether oxygens (including phenoxy) is 1. The van der Waals surface area contributed by atoms with Gasteiger partial charge in [0.2, 0.25) is 0 Å². The summed E-state index contributed by atoms with van der Waals surface area (Å²) in [6, 6.07) is 15.3. The van der Waals surface area contributed by atoms with Crippen LogP contribution in [0.1, 0.15) is 39.5 Å². The maximum atomic E-state index is 9.14. The van der Waals surface area contributed by atoms with E-state index < -0.39 is 7.12 Å². The van der Waals surface area contributed by atoms with E-state index in [0.717, 1.165) is 29.9 Å². The zero-order chi connectivity index (χ0) is 17.4. The van der Waals surface area contributed by atoms with Crippen molar-refractivity contribution in [1.82, 2.24) is 0 Å². The fourth-order valence-corrected chi connectivity index (χ4v) is 2.70. The van der Waals surface area contributed by atoms with Crippen molar-refractivity contribution in [2.75, 3.05) is 6.61 Å². The van der Waals surface area contributed by atoms with Gasteiger partial charge in [0.15, 0.2) is 0 Å². The molecule has 128 valence electrons. The Balaban J connectivity index is 1.94. The summed E-state index contributed by atoms with van der Waals surface area (Å²) < 4.78 is 5.93. The van der Waals surface area contributed by atoms with E-state index in [1.54, 1.807) is 12.1 Å². The highest BCUT2D eigenvalue weighted by atomic mass is 16.5. The Bertz CT molecular complexity index is 593. The molecule has 2 rings (SSSR count). The Hall–Kier alpha value is -1.78. The minimum atomic E-state index is -1.42. The van der Waals surface area contributed by atoms with E-state index in [0.29, 0.717) is 11.4 Å². The average molecular weight is 326 g/mol. The first-order valence-electron chi connectivity index (χ1n) is 8.83. The van der Waals surface area contributed by atoms with Gasteiger partial charge in [0.05, 0.1) is 6.61 Å². The largest absolute Gasteiger partial charge is 0.493 e. The fourth-order valence-electron chi connectivity index (χ4n) is 2.70. The maximum absolute atomic E-state index is 9.14. The lowest BCUT2D eigenvalue weighted by molar-refractivity contribution is 0.233. The minimum absolute atomic E-state index is 0.497. The second-order valence-electron chi connectivity index (χ2n) is 6.25. The van der Waals surface area contributed by atoms with Gasteiger partial charge in [-0.05, 0) is 41.1 Å². The third-order valence-corrected chi connectivity index (χ3v) is 4.43. The zero-order valence-corrected chi connectivity index (χ0v) is 14.6. The van der Waals surface area contributed by atoms with Crippen LogP contribution in [0.2, 0.25) is 0 Å². The van der Waals surface area contributed by atoms with Crippen molar-refractivity contribution in [3.63, 3.8) is 0 Å². The predicted molar refractivity (Wildman–Crippen MR) is 101 cm³/mol. The van der Waals surface area contributed by atoms with Gasteiger partial charge < -0.3 is 14.8 Å². The molecule has 0 radical (unpaired) electrons. The predicted octanol–water partition coefficient (Wildman–Crippen LogP) is 3.63. The second-order valence-corrected chi connectivity index (χ2v) is 6.25. The van der Waals surface area contributed by atoms with E-state index in [4.69, 9.17) is 14.8 Å². The number of hydrogen-bond donors (Lipinski definition) is 2. The summed E-state index contributed by atoms with van der Waals surface area (Å²) in [5.41, 5.74) is 2.62. The molecule has 0 spiro atoms. The molecule has 0 bridgehead atoms. The number of benzene rings is 2. The van der Waals surface area contributed by atoms with E-state index in [1.165, 1.54) is 19.3 Å². The highest BCUT2D eigenvalue weighted by Crippen LogP contribution is 2.23. The van der Waals surface area contributed by atoms with E-state index in [-0.39, 0.29) is 0 Å². The Morgan fingerprint density at radius 3 is 2.00 bits per heavy atom. The Morgan fingerprint density at radius 1 is 0.917 bits per heavy atom. The monoisotopic (exact) mass is 326 g/mol. The SMILES string of the molecule is CCCCC(CC)COc1ccc(-c2ccc(B(O)O)cc2)cc1. The van der Waals surface area contributed by atoms with Gasteiger partial charge in [-0.1, -0.05) is 69.5 Å². The lowest BCUT2D eigenvalue weighted by Crippen LogP contribution is -2.29. The molecule has 0 saturated carbocycles. The Kier molecular flexibility index (Phi) is 7.35. The summed E-state index contributed by atoms with van der Waals surface area (Å²) in [5, 5.41) is 18.3. The Labute approximate surface area is 145 Å². The zero-order valence-electron chi connectivity index (χ0n) is 14.6. The molecule has 0 aliphatic rings. The molecule has 1 unspecified atom stereocenters. The van der Waals surface area contributed by atoms with Crippen LogP contribution in [-0.4, -0.2) is 23.8 Å². The smallest absolute Gasteiger partial charge is 0.488 e. The first kappa shape index (κ1) is 18.6. The topological polar surface area (TPSA) is 49.7 Å². The van der Waals surface area contributed by atoms with Crippen molar-refractivity contribution < 1.29 is 14.8 Å². The lowest BCUT2D eigenvalue weighted by Gasteiger charge is -2.15. The molecule has 3 nitrogen and oxygen atoms in total. The van der Waals surface area contributed by atoms with Gasteiger partial charge in [-0.3, -0.25) is 0 Å². The van der Waals surface area contributed by atoms with E-state index in [2.05, 4.69) is 13.8 Å². The average Bonchev–Trinajstić information content (AvgIpc) is 2.62. The molecule has 2 aromatic carbocycles. The summed E-state index contributed by atoms with van der Waals surface area (Å²) in [7, 11) is -1.42. The van der Waals surface area contributed by atoms with Crippen molar-refractivity contribution in [1.29, 1.82) is 0 Å². The molecule has 0 aromatic heterocycles. The molecular weight excluding hydrogens is 299 g/mol. The van der Waals surface area contributed by atoms with Gasteiger partial charge >= 0.3 is 7.12 Å². The van der Waals surface area contributed by atoms with Crippen LogP contribution < -0.4 is 10.2 Å². The van der Waals surface area contributed by atoms with Gasteiger partial charge in [-0.2, -0.15) is 0 Å². The van der Waals surface area contributed by atoms with Crippen molar-refractivity contribution in [3.8, 4) is 16.9 Å². The second kappa shape index (κ2) is 9.50. The maximum Gasteiger partial charge on any atom is 0.488 e. The van der Waals surface area contributed by atoms with Crippen LogP contribution in [-0.2, 0) is 0 Å². The first-order valence-corrected chi connectivity index (χ1v) is 8.83. The van der Waals surface area contributed by atoms with Crippen molar-refractivity contribution >= 4 is 12.6 Å². The lowest BCUT2D eigenvalue weighted by atomic mass is 9.80. The molecule has 0 aliphatic heterocycles. The fraction of sp³-hybridized carbons (Fsp3) is 0.400. The highest BCUT2D eigenvalue weighted by molar-refractivity contribution is 6.58. The molecule has 0 heterocycles. The van der Waals surface area contributed by atoms with Crippen molar-refractivity contribution in [2.24, 2.45) is 5.92 Å².